The molecule has 1 heterocycles. The van der Waals surface area contributed by atoms with E-state index in [4.69, 9.17) is 16.3 Å². The van der Waals surface area contributed by atoms with E-state index in [0.29, 0.717) is 17.2 Å². The summed E-state index contributed by atoms with van der Waals surface area (Å²) < 4.78 is 9.70. The van der Waals surface area contributed by atoms with Crippen molar-refractivity contribution in [2.75, 3.05) is 0 Å². The third-order valence-corrected chi connectivity index (χ3v) is 2.37. The van der Waals surface area contributed by atoms with Crippen LogP contribution in [-0.2, 0) is 9.47 Å². The van der Waals surface area contributed by atoms with E-state index in [0.717, 1.165) is 5.56 Å². The average molecular weight is 225 g/mol. The molecule has 1 aromatic rings. The quantitative estimate of drug-likeness (QED) is 0.686. The van der Waals surface area contributed by atoms with Crippen molar-refractivity contribution in [3.8, 4) is 0 Å². The van der Waals surface area contributed by atoms with Gasteiger partial charge in [0, 0.05) is 11.4 Å². The van der Waals surface area contributed by atoms with Crippen LogP contribution >= 0.6 is 11.6 Å². The van der Waals surface area contributed by atoms with Crippen LogP contribution in [0.1, 0.15) is 18.1 Å². The number of carbonyl (C=O) groups excluding carboxylic acids is 1. The molecule has 1 fully saturated rings. The molecule has 1 aliphatic heterocycles. The zero-order valence-electron chi connectivity index (χ0n) is 7.90. The highest BCUT2D eigenvalue weighted by atomic mass is 35.5. The van der Waals surface area contributed by atoms with Gasteiger partial charge in [0.25, 0.3) is 0 Å². The van der Waals surface area contributed by atoms with Crippen LogP contribution in [0.5, 0.6) is 0 Å². The fourth-order valence-electron chi connectivity index (χ4n) is 1.41. The van der Waals surface area contributed by atoms with Crippen LogP contribution in [0.4, 0.5) is 4.79 Å². The molecule has 1 aliphatic rings. The maximum absolute atomic E-state index is 11.0. The first-order chi connectivity index (χ1) is 7.15. The monoisotopic (exact) mass is 224 g/mol. The molecule has 1 unspecified atom stereocenters. The van der Waals surface area contributed by atoms with Crippen molar-refractivity contribution >= 4 is 17.8 Å². The van der Waals surface area contributed by atoms with Crippen molar-refractivity contribution in [1.82, 2.24) is 0 Å². The summed E-state index contributed by atoms with van der Waals surface area (Å²) in [6, 6.07) is 7.14. The molecular formula is C11H9ClO3. The molecule has 0 saturated carbocycles. The van der Waals surface area contributed by atoms with Crippen LogP contribution in [-0.4, -0.2) is 6.16 Å². The summed E-state index contributed by atoms with van der Waals surface area (Å²) in [5.74, 6) is 0.422. The number of cyclic esters (lactones) is 2. The Morgan fingerprint density at radius 1 is 1.33 bits per heavy atom. The number of carbonyl (C=O) groups is 1. The molecular weight excluding hydrogens is 216 g/mol. The molecule has 78 valence electrons. The summed E-state index contributed by atoms with van der Waals surface area (Å²) in [4.78, 5) is 11.0. The molecule has 2 rings (SSSR count). The molecule has 0 radical (unpaired) electrons. The van der Waals surface area contributed by atoms with Gasteiger partial charge in [-0.15, -0.1) is 0 Å². The number of hydrogen-bond donors (Lipinski definition) is 0. The largest absolute Gasteiger partial charge is 0.514 e. The molecule has 0 bridgehead atoms. The van der Waals surface area contributed by atoms with Crippen molar-refractivity contribution in [1.29, 1.82) is 0 Å². The fraction of sp³-hybridized carbons (Fsp3) is 0.182. The van der Waals surface area contributed by atoms with Crippen LogP contribution < -0.4 is 0 Å². The van der Waals surface area contributed by atoms with E-state index in [-0.39, 0.29) is 6.10 Å². The van der Waals surface area contributed by atoms with Gasteiger partial charge in [0.2, 0.25) is 0 Å². The number of ether oxygens (including phenoxy) is 2. The Morgan fingerprint density at radius 3 is 2.60 bits per heavy atom. The van der Waals surface area contributed by atoms with Crippen molar-refractivity contribution in [2.24, 2.45) is 0 Å². The fourth-order valence-corrected chi connectivity index (χ4v) is 1.54. The Hall–Kier alpha value is -1.48. The molecule has 1 saturated heterocycles. The molecule has 4 heteroatoms. The maximum Gasteiger partial charge on any atom is 0.514 e. The second-order valence-corrected chi connectivity index (χ2v) is 3.69. The zero-order valence-corrected chi connectivity index (χ0v) is 8.66. The predicted octanol–water partition coefficient (Wildman–Crippen LogP) is 3.45. The highest BCUT2D eigenvalue weighted by Crippen LogP contribution is 2.30. The van der Waals surface area contributed by atoms with E-state index < -0.39 is 6.16 Å². The van der Waals surface area contributed by atoms with Gasteiger partial charge in [-0.25, -0.2) is 4.79 Å². The first-order valence-corrected chi connectivity index (χ1v) is 4.84. The molecule has 0 aromatic heterocycles. The zero-order chi connectivity index (χ0) is 10.8. The number of halogens is 1. The predicted molar refractivity (Wildman–Crippen MR) is 55.5 cm³/mol. The van der Waals surface area contributed by atoms with Gasteiger partial charge in [0.05, 0.1) is 0 Å². The van der Waals surface area contributed by atoms with Gasteiger partial charge < -0.3 is 9.47 Å². The third kappa shape index (κ3) is 2.30. The average Bonchev–Trinajstić information content (AvgIpc) is 2.17. The molecule has 0 spiro atoms. The third-order valence-electron chi connectivity index (χ3n) is 2.12. The standard InChI is InChI=1S/C11H9ClO3/c1-7-6-10(15-11(13)14-7)8-2-4-9(12)5-3-8/h2-5,10H,1,6H2. The van der Waals surface area contributed by atoms with Gasteiger partial charge in [0.1, 0.15) is 11.9 Å². The summed E-state index contributed by atoms with van der Waals surface area (Å²) in [5.41, 5.74) is 0.886. The lowest BCUT2D eigenvalue weighted by atomic mass is 10.1. The van der Waals surface area contributed by atoms with E-state index >= 15 is 0 Å². The number of benzene rings is 1. The van der Waals surface area contributed by atoms with E-state index in [2.05, 4.69) is 11.3 Å². The second-order valence-electron chi connectivity index (χ2n) is 3.25. The van der Waals surface area contributed by atoms with E-state index in [1.54, 1.807) is 12.1 Å². The highest BCUT2D eigenvalue weighted by Gasteiger charge is 2.25. The van der Waals surface area contributed by atoms with E-state index in [9.17, 15) is 4.79 Å². The summed E-state index contributed by atoms with van der Waals surface area (Å²) in [5, 5.41) is 0.649. The Bertz CT molecular complexity index is 381. The molecule has 0 amide bonds. The lowest BCUT2D eigenvalue weighted by Crippen LogP contribution is -2.19. The van der Waals surface area contributed by atoms with Gasteiger partial charge in [-0.3, -0.25) is 0 Å². The van der Waals surface area contributed by atoms with Crippen molar-refractivity contribution in [3.63, 3.8) is 0 Å². The Kier molecular flexibility index (Phi) is 2.64. The van der Waals surface area contributed by atoms with Crippen LogP contribution in [0.2, 0.25) is 5.02 Å². The smallest absolute Gasteiger partial charge is 0.425 e. The molecule has 1 atom stereocenters. The first-order valence-electron chi connectivity index (χ1n) is 4.47. The SMILES string of the molecule is C=C1CC(c2ccc(Cl)cc2)OC(=O)O1. The number of hydrogen-bond acceptors (Lipinski definition) is 3. The van der Waals surface area contributed by atoms with E-state index in [1.165, 1.54) is 0 Å². The summed E-state index contributed by atoms with van der Waals surface area (Å²) in [6.45, 7) is 3.61. The Balaban J connectivity index is 2.19. The minimum absolute atomic E-state index is 0.323. The lowest BCUT2D eigenvalue weighted by molar-refractivity contribution is 0.00516. The van der Waals surface area contributed by atoms with Crippen LogP contribution in [0, 0.1) is 0 Å². The van der Waals surface area contributed by atoms with Gasteiger partial charge in [0.15, 0.2) is 0 Å². The van der Waals surface area contributed by atoms with E-state index in [1.807, 2.05) is 12.1 Å². The number of rotatable bonds is 1. The summed E-state index contributed by atoms with van der Waals surface area (Å²) in [6.07, 6.45) is -0.546. The minimum atomic E-state index is -0.703. The molecule has 3 nitrogen and oxygen atoms in total. The maximum atomic E-state index is 11.0. The normalized spacial score (nSPS) is 20.7. The lowest BCUT2D eigenvalue weighted by Gasteiger charge is -2.23. The van der Waals surface area contributed by atoms with Crippen molar-refractivity contribution in [3.05, 3.63) is 47.2 Å². The van der Waals surface area contributed by atoms with Gasteiger partial charge >= 0.3 is 6.16 Å². The van der Waals surface area contributed by atoms with Crippen LogP contribution in [0.25, 0.3) is 0 Å². The summed E-state index contributed by atoms with van der Waals surface area (Å²) in [7, 11) is 0. The molecule has 15 heavy (non-hydrogen) atoms. The Labute approximate surface area is 92.3 Å². The van der Waals surface area contributed by atoms with Gasteiger partial charge in [-0.2, -0.15) is 0 Å². The van der Waals surface area contributed by atoms with Gasteiger partial charge in [-0.05, 0) is 17.7 Å². The first kappa shape index (κ1) is 10.1. The van der Waals surface area contributed by atoms with Crippen molar-refractivity contribution in [2.45, 2.75) is 12.5 Å². The van der Waals surface area contributed by atoms with Crippen LogP contribution in [0.3, 0.4) is 0 Å². The molecule has 0 aliphatic carbocycles. The van der Waals surface area contributed by atoms with Gasteiger partial charge in [-0.1, -0.05) is 30.3 Å². The Morgan fingerprint density at radius 2 is 2.00 bits per heavy atom. The second kappa shape index (κ2) is 3.95. The minimum Gasteiger partial charge on any atom is -0.425 e. The summed E-state index contributed by atoms with van der Waals surface area (Å²) >= 11 is 5.76. The van der Waals surface area contributed by atoms with Crippen LogP contribution in [0.15, 0.2) is 36.6 Å². The topological polar surface area (TPSA) is 35.5 Å². The molecule has 0 N–H and O–H groups in total. The molecule has 1 aromatic carbocycles. The van der Waals surface area contributed by atoms with Crippen molar-refractivity contribution < 1.29 is 14.3 Å². The highest BCUT2D eigenvalue weighted by molar-refractivity contribution is 6.30.